The predicted molar refractivity (Wildman–Crippen MR) is 73.2 cm³/mol. The van der Waals surface area contributed by atoms with Gasteiger partial charge in [0.2, 0.25) is 11.7 Å². The molecule has 0 bridgehead atoms. The second-order valence-electron chi connectivity index (χ2n) is 5.79. The molecule has 1 aromatic heterocycles. The van der Waals surface area contributed by atoms with Gasteiger partial charge in [-0.15, -0.1) is 0 Å². The van der Waals surface area contributed by atoms with Gasteiger partial charge in [0.05, 0.1) is 5.54 Å². The number of hydrogen-bond acceptors (Lipinski definition) is 4. The molecule has 106 valence electrons. The van der Waals surface area contributed by atoms with Gasteiger partial charge in [0.25, 0.3) is 0 Å². The van der Waals surface area contributed by atoms with Crippen LogP contribution in [0, 0.1) is 11.7 Å². The lowest BCUT2D eigenvalue weighted by Crippen LogP contribution is -2.41. The Balaban J connectivity index is 1.90. The van der Waals surface area contributed by atoms with E-state index in [2.05, 4.69) is 17.1 Å². The van der Waals surface area contributed by atoms with Crippen LogP contribution in [0.4, 0.5) is 4.39 Å². The number of benzene rings is 1. The van der Waals surface area contributed by atoms with E-state index in [1.165, 1.54) is 18.6 Å². The molecule has 0 saturated heterocycles. The minimum absolute atomic E-state index is 0.317. The van der Waals surface area contributed by atoms with Gasteiger partial charge in [-0.25, -0.2) is 4.39 Å². The Bertz CT molecular complexity index is 613. The molecule has 0 spiro atoms. The van der Waals surface area contributed by atoms with Crippen LogP contribution in [-0.2, 0) is 5.54 Å². The SMILES string of the molecule is CC1CCCC(N)(c2nc(-c3cccc(F)c3)no2)C1. The standard InChI is InChI=1S/C15H18FN3O/c1-10-4-3-7-15(17,9-10)14-18-13(19-20-14)11-5-2-6-12(16)8-11/h2,5-6,8,10H,3-4,7,9,17H2,1H3. The second kappa shape index (κ2) is 4.98. The molecule has 1 saturated carbocycles. The lowest BCUT2D eigenvalue weighted by atomic mass is 9.77. The highest BCUT2D eigenvalue weighted by atomic mass is 19.1. The number of halogens is 1. The van der Waals surface area contributed by atoms with Crippen molar-refractivity contribution in [2.45, 2.75) is 38.1 Å². The largest absolute Gasteiger partial charge is 0.337 e. The Morgan fingerprint density at radius 1 is 1.45 bits per heavy atom. The molecular formula is C15H18FN3O. The van der Waals surface area contributed by atoms with Crippen LogP contribution in [0.25, 0.3) is 11.4 Å². The third-order valence-electron chi connectivity index (χ3n) is 3.97. The molecule has 3 rings (SSSR count). The average Bonchev–Trinajstić information content (AvgIpc) is 2.88. The third-order valence-corrected chi connectivity index (χ3v) is 3.97. The smallest absolute Gasteiger partial charge is 0.247 e. The van der Waals surface area contributed by atoms with Crippen molar-refractivity contribution >= 4 is 0 Å². The van der Waals surface area contributed by atoms with Crippen LogP contribution in [0.3, 0.4) is 0 Å². The van der Waals surface area contributed by atoms with Crippen molar-refractivity contribution in [3.8, 4) is 11.4 Å². The molecule has 4 nitrogen and oxygen atoms in total. The number of hydrogen-bond donors (Lipinski definition) is 1. The lowest BCUT2D eigenvalue weighted by molar-refractivity contribution is 0.183. The van der Waals surface area contributed by atoms with Crippen LogP contribution >= 0.6 is 0 Å². The van der Waals surface area contributed by atoms with E-state index >= 15 is 0 Å². The van der Waals surface area contributed by atoms with E-state index < -0.39 is 5.54 Å². The molecule has 0 amide bonds. The predicted octanol–water partition coefficient (Wildman–Crippen LogP) is 3.24. The van der Waals surface area contributed by atoms with E-state index in [-0.39, 0.29) is 5.82 Å². The van der Waals surface area contributed by atoms with Gasteiger partial charge in [0.15, 0.2) is 0 Å². The summed E-state index contributed by atoms with van der Waals surface area (Å²) in [4.78, 5) is 4.38. The third kappa shape index (κ3) is 2.45. The molecule has 2 atom stereocenters. The van der Waals surface area contributed by atoms with Gasteiger partial charge in [0, 0.05) is 5.56 Å². The van der Waals surface area contributed by atoms with Gasteiger partial charge in [-0.05, 0) is 30.9 Å². The van der Waals surface area contributed by atoms with E-state index in [0.29, 0.717) is 23.2 Å². The monoisotopic (exact) mass is 275 g/mol. The summed E-state index contributed by atoms with van der Waals surface area (Å²) in [6.45, 7) is 2.19. The molecule has 2 N–H and O–H groups in total. The summed E-state index contributed by atoms with van der Waals surface area (Å²) in [5.74, 6) is 1.09. The van der Waals surface area contributed by atoms with Crippen molar-refractivity contribution < 1.29 is 8.91 Å². The van der Waals surface area contributed by atoms with E-state index in [0.717, 1.165) is 19.3 Å². The highest BCUT2D eigenvalue weighted by Gasteiger charge is 2.37. The fourth-order valence-electron chi connectivity index (χ4n) is 2.96. The molecular weight excluding hydrogens is 257 g/mol. The Kier molecular flexibility index (Phi) is 3.30. The number of nitrogens with zero attached hydrogens (tertiary/aromatic N) is 2. The molecule has 1 aliphatic carbocycles. The highest BCUT2D eigenvalue weighted by molar-refractivity contribution is 5.54. The van der Waals surface area contributed by atoms with Gasteiger partial charge >= 0.3 is 0 Å². The van der Waals surface area contributed by atoms with Crippen molar-refractivity contribution in [1.29, 1.82) is 0 Å². The van der Waals surface area contributed by atoms with Gasteiger partial charge in [-0.1, -0.05) is 37.1 Å². The zero-order valence-corrected chi connectivity index (χ0v) is 11.5. The Morgan fingerprint density at radius 3 is 3.05 bits per heavy atom. The Hall–Kier alpha value is -1.75. The Labute approximate surface area is 117 Å². The number of aromatic nitrogens is 2. The second-order valence-corrected chi connectivity index (χ2v) is 5.79. The summed E-state index contributed by atoms with van der Waals surface area (Å²) >= 11 is 0. The van der Waals surface area contributed by atoms with E-state index in [1.54, 1.807) is 12.1 Å². The fourth-order valence-corrected chi connectivity index (χ4v) is 2.96. The molecule has 1 aliphatic rings. The number of rotatable bonds is 2. The van der Waals surface area contributed by atoms with E-state index in [9.17, 15) is 4.39 Å². The van der Waals surface area contributed by atoms with Gasteiger partial charge < -0.3 is 10.3 Å². The van der Waals surface area contributed by atoms with E-state index in [4.69, 9.17) is 10.3 Å². The maximum Gasteiger partial charge on any atom is 0.247 e. The topological polar surface area (TPSA) is 64.9 Å². The van der Waals surface area contributed by atoms with Crippen molar-refractivity contribution in [1.82, 2.24) is 10.1 Å². The first kappa shape index (κ1) is 13.2. The van der Waals surface area contributed by atoms with Crippen LogP contribution in [0.1, 0.15) is 38.5 Å². The summed E-state index contributed by atoms with van der Waals surface area (Å²) in [5.41, 5.74) is 6.48. The first-order valence-electron chi connectivity index (χ1n) is 6.96. The van der Waals surface area contributed by atoms with Crippen molar-refractivity contribution in [2.75, 3.05) is 0 Å². The Morgan fingerprint density at radius 2 is 2.30 bits per heavy atom. The molecule has 2 unspecified atom stereocenters. The summed E-state index contributed by atoms with van der Waals surface area (Å²) in [5, 5.41) is 3.94. The maximum atomic E-state index is 13.2. The summed E-state index contributed by atoms with van der Waals surface area (Å²) in [6.07, 6.45) is 3.94. The van der Waals surface area contributed by atoms with Crippen LogP contribution in [0.15, 0.2) is 28.8 Å². The summed E-state index contributed by atoms with van der Waals surface area (Å²) in [7, 11) is 0. The summed E-state index contributed by atoms with van der Waals surface area (Å²) in [6, 6.07) is 6.16. The van der Waals surface area contributed by atoms with Crippen LogP contribution in [-0.4, -0.2) is 10.1 Å². The van der Waals surface area contributed by atoms with Crippen molar-refractivity contribution in [2.24, 2.45) is 11.7 Å². The quantitative estimate of drug-likeness (QED) is 0.913. The van der Waals surface area contributed by atoms with Crippen molar-refractivity contribution in [3.63, 3.8) is 0 Å². The average molecular weight is 275 g/mol. The minimum atomic E-state index is -0.545. The van der Waals surface area contributed by atoms with Crippen molar-refractivity contribution in [3.05, 3.63) is 36.0 Å². The minimum Gasteiger partial charge on any atom is -0.337 e. The molecule has 1 aromatic carbocycles. The highest BCUT2D eigenvalue weighted by Crippen LogP contribution is 2.37. The molecule has 2 aromatic rings. The first-order valence-corrected chi connectivity index (χ1v) is 6.96. The molecule has 5 heteroatoms. The molecule has 0 aliphatic heterocycles. The molecule has 0 radical (unpaired) electrons. The molecule has 1 fully saturated rings. The molecule has 1 heterocycles. The normalized spacial score (nSPS) is 26.6. The van der Waals surface area contributed by atoms with Crippen LogP contribution in [0.5, 0.6) is 0 Å². The molecule has 20 heavy (non-hydrogen) atoms. The number of nitrogens with two attached hydrogens (primary N) is 1. The van der Waals surface area contributed by atoms with Gasteiger partial charge in [0.1, 0.15) is 5.82 Å². The van der Waals surface area contributed by atoms with Crippen LogP contribution < -0.4 is 5.73 Å². The zero-order valence-electron chi connectivity index (χ0n) is 11.5. The lowest BCUT2D eigenvalue weighted by Gasteiger charge is -2.33. The van der Waals surface area contributed by atoms with E-state index in [1.807, 2.05) is 0 Å². The fraction of sp³-hybridized carbons (Fsp3) is 0.467. The van der Waals surface area contributed by atoms with Crippen LogP contribution in [0.2, 0.25) is 0 Å². The first-order chi connectivity index (χ1) is 9.57. The summed E-state index contributed by atoms with van der Waals surface area (Å²) < 4.78 is 18.6. The maximum absolute atomic E-state index is 13.2. The van der Waals surface area contributed by atoms with Gasteiger partial charge in [-0.3, -0.25) is 0 Å². The van der Waals surface area contributed by atoms with Gasteiger partial charge in [-0.2, -0.15) is 4.98 Å². The zero-order chi connectivity index (χ0) is 14.2.